The van der Waals surface area contributed by atoms with Gasteiger partial charge in [0.2, 0.25) is 5.91 Å². The van der Waals surface area contributed by atoms with Gasteiger partial charge in [0.05, 0.1) is 5.01 Å². The molecule has 0 aromatic carbocycles. The van der Waals surface area contributed by atoms with E-state index in [0.717, 1.165) is 36.5 Å². The molecule has 1 aromatic heterocycles. The van der Waals surface area contributed by atoms with Crippen LogP contribution in [0.25, 0.3) is 0 Å². The molecule has 0 bridgehead atoms. The molecule has 1 saturated heterocycles. The fraction of sp³-hybridized carbons (Fsp3) is 0.692. The van der Waals surface area contributed by atoms with E-state index in [1.807, 2.05) is 12.3 Å². The SMILES string of the molecule is Cc1csc(CCNC(=O)C2CCNC(C)C2)n1. The molecule has 0 saturated carbocycles. The summed E-state index contributed by atoms with van der Waals surface area (Å²) < 4.78 is 0. The smallest absolute Gasteiger partial charge is 0.223 e. The Morgan fingerprint density at radius 2 is 2.50 bits per heavy atom. The Hall–Kier alpha value is -0.940. The molecule has 2 N–H and O–H groups in total. The van der Waals surface area contributed by atoms with Crippen LogP contribution in [-0.2, 0) is 11.2 Å². The number of carbonyl (C=O) groups excluding carboxylic acids is 1. The van der Waals surface area contributed by atoms with Crippen molar-refractivity contribution in [3.63, 3.8) is 0 Å². The third-order valence-corrected chi connectivity index (χ3v) is 4.33. The Labute approximate surface area is 112 Å². The molecule has 4 nitrogen and oxygen atoms in total. The molecule has 0 radical (unpaired) electrons. The Bertz CT molecular complexity index is 405. The van der Waals surface area contributed by atoms with E-state index in [-0.39, 0.29) is 11.8 Å². The number of amides is 1. The highest BCUT2D eigenvalue weighted by Gasteiger charge is 2.24. The predicted octanol–water partition coefficient (Wildman–Crippen LogP) is 1.50. The van der Waals surface area contributed by atoms with Crippen LogP contribution in [0.1, 0.15) is 30.5 Å². The summed E-state index contributed by atoms with van der Waals surface area (Å²) in [5.74, 6) is 0.385. The summed E-state index contributed by atoms with van der Waals surface area (Å²) in [6, 6.07) is 0.455. The molecule has 1 aromatic rings. The summed E-state index contributed by atoms with van der Waals surface area (Å²) in [7, 11) is 0. The van der Waals surface area contributed by atoms with Gasteiger partial charge in [0.15, 0.2) is 0 Å². The quantitative estimate of drug-likeness (QED) is 0.869. The summed E-state index contributed by atoms with van der Waals surface area (Å²) >= 11 is 1.66. The monoisotopic (exact) mass is 267 g/mol. The van der Waals surface area contributed by atoms with Crippen molar-refractivity contribution in [2.75, 3.05) is 13.1 Å². The van der Waals surface area contributed by atoms with E-state index in [2.05, 4.69) is 22.5 Å². The van der Waals surface area contributed by atoms with Crippen molar-refractivity contribution in [2.24, 2.45) is 5.92 Å². The van der Waals surface area contributed by atoms with E-state index < -0.39 is 0 Å². The fourth-order valence-corrected chi connectivity index (χ4v) is 3.10. The van der Waals surface area contributed by atoms with Crippen LogP contribution in [-0.4, -0.2) is 30.0 Å². The third kappa shape index (κ3) is 3.78. The maximum atomic E-state index is 12.0. The first-order chi connectivity index (χ1) is 8.65. The number of aryl methyl sites for hydroxylation is 1. The van der Waals surface area contributed by atoms with Crippen LogP contribution in [0.3, 0.4) is 0 Å². The average molecular weight is 267 g/mol. The number of nitrogens with one attached hydrogen (secondary N) is 2. The summed E-state index contributed by atoms with van der Waals surface area (Å²) in [4.78, 5) is 16.4. The minimum absolute atomic E-state index is 0.180. The normalized spacial score (nSPS) is 23.9. The van der Waals surface area contributed by atoms with Gasteiger partial charge in [-0.05, 0) is 33.2 Å². The van der Waals surface area contributed by atoms with Crippen molar-refractivity contribution in [2.45, 2.75) is 39.2 Å². The molecule has 5 heteroatoms. The second-order valence-electron chi connectivity index (χ2n) is 5.00. The lowest BCUT2D eigenvalue weighted by Crippen LogP contribution is -2.42. The lowest BCUT2D eigenvalue weighted by Gasteiger charge is -2.27. The predicted molar refractivity (Wildman–Crippen MR) is 73.8 cm³/mol. The van der Waals surface area contributed by atoms with Crippen molar-refractivity contribution in [1.82, 2.24) is 15.6 Å². The molecule has 18 heavy (non-hydrogen) atoms. The number of rotatable bonds is 4. The first-order valence-electron chi connectivity index (χ1n) is 6.57. The number of nitrogens with zero attached hydrogens (tertiary/aromatic N) is 1. The standard InChI is InChI=1S/C13H21N3OS/c1-9-7-11(3-5-14-9)13(17)15-6-4-12-16-10(2)8-18-12/h8-9,11,14H,3-7H2,1-2H3,(H,15,17). The number of hydrogen-bond donors (Lipinski definition) is 2. The zero-order chi connectivity index (χ0) is 13.0. The molecule has 2 unspecified atom stereocenters. The van der Waals surface area contributed by atoms with Crippen molar-refractivity contribution < 1.29 is 4.79 Å². The highest BCUT2D eigenvalue weighted by molar-refractivity contribution is 7.09. The van der Waals surface area contributed by atoms with E-state index in [4.69, 9.17) is 0 Å². The van der Waals surface area contributed by atoms with Gasteiger partial charge >= 0.3 is 0 Å². The molecular formula is C13H21N3OS. The van der Waals surface area contributed by atoms with E-state index in [1.54, 1.807) is 11.3 Å². The molecule has 1 aliphatic heterocycles. The van der Waals surface area contributed by atoms with Gasteiger partial charge in [-0.1, -0.05) is 0 Å². The molecule has 1 amide bonds. The molecule has 2 rings (SSSR count). The number of thiazole rings is 1. The summed E-state index contributed by atoms with van der Waals surface area (Å²) in [5, 5.41) is 9.54. The Balaban J connectivity index is 1.71. The van der Waals surface area contributed by atoms with Crippen LogP contribution in [0.15, 0.2) is 5.38 Å². The Kier molecular flexibility index (Phi) is 4.72. The lowest BCUT2D eigenvalue weighted by atomic mass is 9.92. The molecule has 2 atom stereocenters. The summed E-state index contributed by atoms with van der Waals surface area (Å²) in [5.41, 5.74) is 1.06. The molecule has 1 aliphatic rings. The minimum atomic E-state index is 0.180. The molecular weight excluding hydrogens is 246 g/mol. The van der Waals surface area contributed by atoms with E-state index >= 15 is 0 Å². The topological polar surface area (TPSA) is 54.0 Å². The van der Waals surface area contributed by atoms with Gasteiger partial charge in [-0.2, -0.15) is 0 Å². The second-order valence-corrected chi connectivity index (χ2v) is 5.94. The lowest BCUT2D eigenvalue weighted by molar-refractivity contribution is -0.126. The highest BCUT2D eigenvalue weighted by Crippen LogP contribution is 2.16. The number of hydrogen-bond acceptors (Lipinski definition) is 4. The van der Waals surface area contributed by atoms with Crippen molar-refractivity contribution in [3.8, 4) is 0 Å². The number of aromatic nitrogens is 1. The van der Waals surface area contributed by atoms with Crippen LogP contribution in [0.5, 0.6) is 0 Å². The van der Waals surface area contributed by atoms with Crippen LogP contribution in [0.4, 0.5) is 0 Å². The van der Waals surface area contributed by atoms with E-state index in [0.29, 0.717) is 12.6 Å². The minimum Gasteiger partial charge on any atom is -0.355 e. The first-order valence-corrected chi connectivity index (χ1v) is 7.45. The molecule has 2 heterocycles. The van der Waals surface area contributed by atoms with Gasteiger partial charge in [0.25, 0.3) is 0 Å². The van der Waals surface area contributed by atoms with Gasteiger partial charge in [0, 0.05) is 36.0 Å². The Morgan fingerprint density at radius 3 is 3.17 bits per heavy atom. The van der Waals surface area contributed by atoms with Crippen LogP contribution in [0.2, 0.25) is 0 Å². The average Bonchev–Trinajstić information content (AvgIpc) is 2.75. The Morgan fingerprint density at radius 1 is 1.67 bits per heavy atom. The zero-order valence-corrected chi connectivity index (χ0v) is 11.8. The van der Waals surface area contributed by atoms with Gasteiger partial charge < -0.3 is 10.6 Å². The van der Waals surface area contributed by atoms with Gasteiger partial charge in [-0.15, -0.1) is 11.3 Å². The van der Waals surface area contributed by atoms with Gasteiger partial charge in [0.1, 0.15) is 0 Å². The number of piperidine rings is 1. The van der Waals surface area contributed by atoms with Crippen LogP contribution < -0.4 is 10.6 Å². The van der Waals surface area contributed by atoms with Crippen molar-refractivity contribution >= 4 is 17.2 Å². The largest absolute Gasteiger partial charge is 0.355 e. The van der Waals surface area contributed by atoms with E-state index in [9.17, 15) is 4.79 Å². The van der Waals surface area contributed by atoms with Crippen LogP contribution in [0, 0.1) is 12.8 Å². The van der Waals surface area contributed by atoms with Gasteiger partial charge in [-0.25, -0.2) is 4.98 Å². The summed E-state index contributed by atoms with van der Waals surface area (Å²) in [6.07, 6.45) is 2.74. The van der Waals surface area contributed by atoms with Crippen molar-refractivity contribution in [1.29, 1.82) is 0 Å². The van der Waals surface area contributed by atoms with Crippen LogP contribution >= 0.6 is 11.3 Å². The van der Waals surface area contributed by atoms with E-state index in [1.165, 1.54) is 0 Å². The highest BCUT2D eigenvalue weighted by atomic mass is 32.1. The third-order valence-electron chi connectivity index (χ3n) is 3.30. The molecule has 1 fully saturated rings. The zero-order valence-electron chi connectivity index (χ0n) is 11.0. The summed E-state index contributed by atoms with van der Waals surface area (Å²) in [6.45, 7) is 5.78. The maximum absolute atomic E-state index is 12.0. The first kappa shape index (κ1) is 13.5. The molecule has 100 valence electrons. The van der Waals surface area contributed by atoms with Crippen molar-refractivity contribution in [3.05, 3.63) is 16.1 Å². The maximum Gasteiger partial charge on any atom is 0.223 e. The molecule has 0 aliphatic carbocycles. The fourth-order valence-electron chi connectivity index (χ4n) is 2.32. The second kappa shape index (κ2) is 6.29. The van der Waals surface area contributed by atoms with Gasteiger partial charge in [-0.3, -0.25) is 4.79 Å². The molecule has 0 spiro atoms. The number of carbonyl (C=O) groups is 1.